The molecular formula is C16H12ClN5O3S. The molecule has 0 aliphatic rings. The first-order valence-corrected chi connectivity index (χ1v) is 8.79. The summed E-state index contributed by atoms with van der Waals surface area (Å²) in [7, 11) is 0. The van der Waals surface area contributed by atoms with Gasteiger partial charge in [-0.1, -0.05) is 18.5 Å². The molecule has 10 heteroatoms. The first-order chi connectivity index (χ1) is 12.6. The summed E-state index contributed by atoms with van der Waals surface area (Å²) in [5.74, 6) is 0.455. The average Bonchev–Trinajstić information content (AvgIpc) is 3.22. The van der Waals surface area contributed by atoms with Crippen molar-refractivity contribution in [2.75, 3.05) is 0 Å². The van der Waals surface area contributed by atoms with Gasteiger partial charge in [0.1, 0.15) is 5.82 Å². The zero-order valence-electron chi connectivity index (χ0n) is 13.5. The number of azide groups is 1. The van der Waals surface area contributed by atoms with Crippen LogP contribution in [0.2, 0.25) is 4.34 Å². The van der Waals surface area contributed by atoms with E-state index in [9.17, 15) is 4.79 Å². The topological polar surface area (TPSA) is 114 Å². The van der Waals surface area contributed by atoms with Crippen molar-refractivity contribution >= 4 is 34.7 Å². The van der Waals surface area contributed by atoms with Gasteiger partial charge >= 0.3 is 5.97 Å². The van der Waals surface area contributed by atoms with Gasteiger partial charge in [0.15, 0.2) is 0 Å². The van der Waals surface area contributed by atoms with Gasteiger partial charge in [-0.25, -0.2) is 0 Å². The molecule has 0 aromatic carbocycles. The first kappa shape index (κ1) is 17.9. The molecule has 3 aromatic heterocycles. The molecule has 3 heterocycles. The highest BCUT2D eigenvalue weighted by atomic mass is 35.5. The Kier molecular flexibility index (Phi) is 5.52. The van der Waals surface area contributed by atoms with Crippen LogP contribution in [0, 0.1) is 0 Å². The van der Waals surface area contributed by atoms with E-state index in [1.807, 2.05) is 6.92 Å². The van der Waals surface area contributed by atoms with E-state index in [-0.39, 0.29) is 24.0 Å². The van der Waals surface area contributed by atoms with Crippen molar-refractivity contribution in [1.29, 1.82) is 0 Å². The highest BCUT2D eigenvalue weighted by Gasteiger charge is 2.21. The Morgan fingerprint density at radius 2 is 2.27 bits per heavy atom. The molecule has 0 saturated heterocycles. The fourth-order valence-electron chi connectivity index (χ4n) is 2.07. The number of nitrogens with zero attached hydrogens (tertiary/aromatic N) is 5. The molecule has 26 heavy (non-hydrogen) atoms. The quantitative estimate of drug-likeness (QED) is 0.230. The summed E-state index contributed by atoms with van der Waals surface area (Å²) < 4.78 is 11.7. The second-order valence-electron chi connectivity index (χ2n) is 5.08. The molecule has 3 rings (SSSR count). The van der Waals surface area contributed by atoms with E-state index >= 15 is 0 Å². The fourth-order valence-corrected chi connectivity index (χ4v) is 3.09. The number of thiophene rings is 1. The number of rotatable bonds is 6. The molecule has 0 fully saturated rings. The maximum atomic E-state index is 11.9. The Morgan fingerprint density at radius 3 is 2.88 bits per heavy atom. The number of carbonyl (C=O) groups excluding carboxylic acids is 1. The van der Waals surface area contributed by atoms with Crippen LogP contribution in [0.1, 0.15) is 19.8 Å². The SMILES string of the molecule is CCCC(=O)Oc1nc(-c2ccc(N=[N+]=[N-])nc2)oc1-c1ccc(Cl)s1. The summed E-state index contributed by atoms with van der Waals surface area (Å²) in [6.07, 6.45) is 2.39. The minimum atomic E-state index is -0.395. The maximum Gasteiger partial charge on any atom is 0.312 e. The Hall–Kier alpha value is -2.87. The zero-order chi connectivity index (χ0) is 18.5. The molecule has 0 unspecified atom stereocenters. The van der Waals surface area contributed by atoms with Crippen LogP contribution in [0.5, 0.6) is 5.88 Å². The van der Waals surface area contributed by atoms with Crippen LogP contribution < -0.4 is 4.74 Å². The summed E-state index contributed by atoms with van der Waals surface area (Å²) in [6, 6.07) is 6.66. The van der Waals surface area contributed by atoms with Crippen molar-refractivity contribution in [3.05, 3.63) is 45.2 Å². The third kappa shape index (κ3) is 4.02. The Balaban J connectivity index is 1.99. The van der Waals surface area contributed by atoms with Crippen LogP contribution in [0.4, 0.5) is 5.82 Å². The third-order valence-corrected chi connectivity index (χ3v) is 4.43. The van der Waals surface area contributed by atoms with Gasteiger partial charge in [0.2, 0.25) is 11.7 Å². The second-order valence-corrected chi connectivity index (χ2v) is 6.79. The van der Waals surface area contributed by atoms with Gasteiger partial charge in [-0.2, -0.15) is 4.98 Å². The van der Waals surface area contributed by atoms with Crippen LogP contribution in [0.15, 0.2) is 40.0 Å². The van der Waals surface area contributed by atoms with Crippen molar-refractivity contribution in [3.8, 4) is 28.0 Å². The Morgan fingerprint density at radius 1 is 1.42 bits per heavy atom. The van der Waals surface area contributed by atoms with Crippen LogP contribution in [0.25, 0.3) is 32.5 Å². The lowest BCUT2D eigenvalue weighted by Crippen LogP contribution is -2.07. The van der Waals surface area contributed by atoms with Crippen LogP contribution >= 0.6 is 22.9 Å². The molecule has 0 saturated carbocycles. The Bertz CT molecular complexity index is 976. The van der Waals surface area contributed by atoms with Crippen molar-refractivity contribution in [2.24, 2.45) is 5.11 Å². The highest BCUT2D eigenvalue weighted by molar-refractivity contribution is 7.19. The van der Waals surface area contributed by atoms with Gasteiger partial charge in [0.05, 0.1) is 14.8 Å². The van der Waals surface area contributed by atoms with E-state index in [4.69, 9.17) is 26.3 Å². The molecule has 0 amide bonds. The molecule has 0 radical (unpaired) electrons. The number of carbonyl (C=O) groups is 1. The van der Waals surface area contributed by atoms with Crippen molar-refractivity contribution in [2.45, 2.75) is 19.8 Å². The second kappa shape index (κ2) is 8.01. The van der Waals surface area contributed by atoms with E-state index in [2.05, 4.69) is 20.0 Å². The standard InChI is InChI=1S/C16H12ClN5O3S/c1-2-3-13(23)24-16-14(10-5-6-11(17)26-10)25-15(20-16)9-4-7-12(19-8-9)21-22-18/h4-8H,2-3H2,1H3. The van der Waals surface area contributed by atoms with Gasteiger partial charge in [0.25, 0.3) is 5.88 Å². The smallest absolute Gasteiger partial charge is 0.312 e. The predicted octanol–water partition coefficient (Wildman–Crippen LogP) is 5.77. The first-order valence-electron chi connectivity index (χ1n) is 7.59. The number of esters is 1. The van der Waals surface area contributed by atoms with E-state index in [0.29, 0.717) is 27.0 Å². The molecular weight excluding hydrogens is 378 g/mol. The molecule has 0 N–H and O–H groups in total. The molecule has 3 aromatic rings. The minimum Gasteiger partial charge on any atom is -0.431 e. The number of halogens is 1. The molecule has 0 atom stereocenters. The van der Waals surface area contributed by atoms with Crippen LogP contribution in [0.3, 0.4) is 0 Å². The van der Waals surface area contributed by atoms with E-state index in [1.54, 1.807) is 18.2 Å². The fraction of sp³-hybridized carbons (Fsp3) is 0.188. The summed E-state index contributed by atoms with van der Waals surface area (Å²) in [5, 5.41) is 3.41. The van der Waals surface area contributed by atoms with E-state index in [1.165, 1.54) is 23.6 Å². The van der Waals surface area contributed by atoms with E-state index < -0.39 is 5.97 Å². The molecule has 0 spiro atoms. The molecule has 8 nitrogen and oxygen atoms in total. The van der Waals surface area contributed by atoms with Gasteiger partial charge < -0.3 is 9.15 Å². The monoisotopic (exact) mass is 389 g/mol. The van der Waals surface area contributed by atoms with E-state index in [0.717, 1.165) is 0 Å². The minimum absolute atomic E-state index is 0.0797. The Labute approximate surface area is 157 Å². The normalized spacial score (nSPS) is 10.4. The summed E-state index contributed by atoms with van der Waals surface area (Å²) in [6.45, 7) is 1.88. The van der Waals surface area contributed by atoms with Crippen LogP contribution in [-0.2, 0) is 4.79 Å². The number of oxazole rings is 1. The highest BCUT2D eigenvalue weighted by Crippen LogP contribution is 2.39. The molecule has 132 valence electrons. The summed E-state index contributed by atoms with van der Waals surface area (Å²) in [5.41, 5.74) is 8.98. The molecule has 0 bridgehead atoms. The molecule has 0 aliphatic heterocycles. The predicted molar refractivity (Wildman–Crippen MR) is 97.4 cm³/mol. The zero-order valence-corrected chi connectivity index (χ0v) is 15.1. The van der Waals surface area contributed by atoms with Crippen molar-refractivity contribution in [3.63, 3.8) is 0 Å². The largest absolute Gasteiger partial charge is 0.431 e. The van der Waals surface area contributed by atoms with Crippen molar-refractivity contribution < 1.29 is 13.9 Å². The lowest BCUT2D eigenvalue weighted by Gasteiger charge is -2.00. The maximum absolute atomic E-state index is 11.9. The average molecular weight is 390 g/mol. The summed E-state index contributed by atoms with van der Waals surface area (Å²) >= 11 is 7.27. The number of pyridine rings is 1. The van der Waals surface area contributed by atoms with Gasteiger partial charge in [-0.15, -0.1) is 11.3 Å². The van der Waals surface area contributed by atoms with Crippen LogP contribution in [-0.4, -0.2) is 15.9 Å². The van der Waals surface area contributed by atoms with Gasteiger partial charge in [-0.3, -0.25) is 9.78 Å². The van der Waals surface area contributed by atoms with Gasteiger partial charge in [0, 0.05) is 17.5 Å². The number of hydrogen-bond acceptors (Lipinski definition) is 7. The third-order valence-electron chi connectivity index (χ3n) is 3.20. The number of hydrogen-bond donors (Lipinski definition) is 0. The number of aromatic nitrogens is 2. The lowest BCUT2D eigenvalue weighted by molar-refractivity contribution is -0.134. The molecule has 0 aliphatic carbocycles. The van der Waals surface area contributed by atoms with Gasteiger partial charge in [-0.05, 0) is 41.3 Å². The summed E-state index contributed by atoms with van der Waals surface area (Å²) in [4.78, 5) is 23.5. The number of ether oxygens (including phenoxy) is 1. The lowest BCUT2D eigenvalue weighted by atomic mass is 10.3. The van der Waals surface area contributed by atoms with Crippen molar-refractivity contribution in [1.82, 2.24) is 9.97 Å².